The van der Waals surface area contributed by atoms with Gasteiger partial charge >= 0.3 is 0 Å². The number of aryl methyl sites for hydroxylation is 1. The van der Waals surface area contributed by atoms with Crippen LogP contribution in [0.3, 0.4) is 0 Å². The summed E-state index contributed by atoms with van der Waals surface area (Å²) in [6.45, 7) is 3.15. The van der Waals surface area contributed by atoms with Crippen LogP contribution in [0.1, 0.15) is 59.1 Å². The van der Waals surface area contributed by atoms with E-state index in [1.807, 2.05) is 4.90 Å². The van der Waals surface area contributed by atoms with Crippen molar-refractivity contribution in [2.75, 3.05) is 13.2 Å². The van der Waals surface area contributed by atoms with Gasteiger partial charge in [0.05, 0.1) is 4.88 Å². The monoisotopic (exact) mass is 307 g/mol. The molecule has 1 amide bonds. The predicted octanol–water partition coefficient (Wildman–Crippen LogP) is 3.25. The summed E-state index contributed by atoms with van der Waals surface area (Å²) in [4.78, 5) is 17.2. The van der Waals surface area contributed by atoms with E-state index in [2.05, 4.69) is 13.0 Å². The Kier molecular flexibility index (Phi) is 4.65. The Labute approximate surface area is 131 Å². The van der Waals surface area contributed by atoms with E-state index < -0.39 is 0 Å². The van der Waals surface area contributed by atoms with Gasteiger partial charge in [0.15, 0.2) is 0 Å². The van der Waals surface area contributed by atoms with Gasteiger partial charge in [-0.2, -0.15) is 0 Å². The number of amides is 1. The SMILES string of the molecule is CC1CCc2sc(C(=O)N(CCCO)C3CCC3)cc2C1. The lowest BCUT2D eigenvalue weighted by molar-refractivity contribution is 0.0567. The second-order valence-electron chi connectivity index (χ2n) is 6.57. The molecule has 21 heavy (non-hydrogen) atoms. The summed E-state index contributed by atoms with van der Waals surface area (Å²) in [5.41, 5.74) is 1.40. The van der Waals surface area contributed by atoms with Gasteiger partial charge in [0.25, 0.3) is 5.91 Å². The fraction of sp³-hybridized carbons (Fsp3) is 0.706. The maximum atomic E-state index is 12.8. The lowest BCUT2D eigenvalue weighted by atomic mass is 9.89. The molecular formula is C17H25NO2S. The van der Waals surface area contributed by atoms with E-state index >= 15 is 0 Å². The van der Waals surface area contributed by atoms with E-state index in [0.29, 0.717) is 19.0 Å². The minimum atomic E-state index is 0.162. The summed E-state index contributed by atoms with van der Waals surface area (Å²) >= 11 is 1.71. The lowest BCUT2D eigenvalue weighted by Crippen LogP contribution is -2.44. The molecule has 1 aromatic heterocycles. The van der Waals surface area contributed by atoms with Crippen LogP contribution in [-0.4, -0.2) is 35.1 Å². The average Bonchev–Trinajstić information content (AvgIpc) is 2.83. The molecule has 1 N–H and O–H groups in total. The highest BCUT2D eigenvalue weighted by atomic mass is 32.1. The van der Waals surface area contributed by atoms with Crippen molar-refractivity contribution in [2.45, 2.75) is 57.9 Å². The van der Waals surface area contributed by atoms with Crippen LogP contribution in [0, 0.1) is 5.92 Å². The molecule has 0 bridgehead atoms. The Morgan fingerprint density at radius 3 is 2.90 bits per heavy atom. The van der Waals surface area contributed by atoms with Gasteiger partial charge in [-0.3, -0.25) is 4.79 Å². The molecule has 3 nitrogen and oxygen atoms in total. The van der Waals surface area contributed by atoms with Crippen LogP contribution in [0.4, 0.5) is 0 Å². The Bertz CT molecular complexity index is 507. The number of aliphatic hydroxyl groups excluding tert-OH is 1. The maximum Gasteiger partial charge on any atom is 0.264 e. The van der Waals surface area contributed by atoms with Gasteiger partial charge < -0.3 is 10.0 Å². The average molecular weight is 307 g/mol. The van der Waals surface area contributed by atoms with E-state index in [9.17, 15) is 4.79 Å². The zero-order valence-corrected chi connectivity index (χ0v) is 13.6. The predicted molar refractivity (Wildman–Crippen MR) is 85.9 cm³/mol. The standard InChI is InChI=1S/C17H25NO2S/c1-12-6-7-15-13(10-12)11-16(21-15)17(20)18(8-3-9-19)14-4-2-5-14/h11-12,14,19H,2-10H2,1H3. The topological polar surface area (TPSA) is 40.5 Å². The molecule has 0 radical (unpaired) electrons. The van der Waals surface area contributed by atoms with E-state index in [0.717, 1.165) is 36.5 Å². The van der Waals surface area contributed by atoms with Gasteiger partial charge in [-0.05, 0) is 62.5 Å². The number of thiophene rings is 1. The number of fused-ring (bicyclic) bond motifs is 1. The van der Waals surface area contributed by atoms with Crippen molar-refractivity contribution in [3.05, 3.63) is 21.4 Å². The maximum absolute atomic E-state index is 12.8. The molecule has 0 saturated heterocycles. The Morgan fingerprint density at radius 2 is 2.24 bits per heavy atom. The molecule has 1 atom stereocenters. The highest BCUT2D eigenvalue weighted by Gasteiger charge is 2.30. The molecule has 1 heterocycles. The van der Waals surface area contributed by atoms with E-state index in [-0.39, 0.29) is 12.5 Å². The minimum absolute atomic E-state index is 0.162. The third kappa shape index (κ3) is 3.16. The molecule has 1 unspecified atom stereocenters. The lowest BCUT2D eigenvalue weighted by Gasteiger charge is -2.37. The van der Waals surface area contributed by atoms with Crippen LogP contribution < -0.4 is 0 Å². The van der Waals surface area contributed by atoms with Gasteiger partial charge in [0.2, 0.25) is 0 Å². The Morgan fingerprint density at radius 1 is 1.43 bits per heavy atom. The van der Waals surface area contributed by atoms with E-state index in [1.54, 1.807) is 11.3 Å². The van der Waals surface area contributed by atoms with Crippen molar-refractivity contribution < 1.29 is 9.90 Å². The summed E-state index contributed by atoms with van der Waals surface area (Å²) in [5, 5.41) is 9.07. The fourth-order valence-electron chi connectivity index (χ4n) is 3.34. The van der Waals surface area contributed by atoms with E-state index in [1.165, 1.54) is 23.3 Å². The highest BCUT2D eigenvalue weighted by molar-refractivity contribution is 7.14. The van der Waals surface area contributed by atoms with Crippen LogP contribution >= 0.6 is 11.3 Å². The van der Waals surface area contributed by atoms with Crippen LogP contribution in [-0.2, 0) is 12.8 Å². The molecule has 0 aliphatic heterocycles. The molecule has 116 valence electrons. The van der Waals surface area contributed by atoms with Crippen molar-refractivity contribution in [1.82, 2.24) is 4.90 Å². The third-order valence-corrected chi connectivity index (χ3v) is 6.10. The van der Waals surface area contributed by atoms with Crippen molar-refractivity contribution in [2.24, 2.45) is 5.92 Å². The van der Waals surface area contributed by atoms with Gasteiger partial charge in [-0.1, -0.05) is 6.92 Å². The number of carbonyl (C=O) groups excluding carboxylic acids is 1. The van der Waals surface area contributed by atoms with Crippen molar-refractivity contribution in [3.8, 4) is 0 Å². The Balaban J connectivity index is 1.76. The number of aliphatic hydroxyl groups is 1. The van der Waals surface area contributed by atoms with Gasteiger partial charge in [-0.15, -0.1) is 11.3 Å². The zero-order valence-electron chi connectivity index (χ0n) is 12.8. The Hall–Kier alpha value is -0.870. The smallest absolute Gasteiger partial charge is 0.264 e. The molecule has 1 aromatic rings. The normalized spacial score (nSPS) is 21.7. The van der Waals surface area contributed by atoms with Crippen LogP contribution in [0.15, 0.2) is 6.07 Å². The van der Waals surface area contributed by atoms with E-state index in [4.69, 9.17) is 5.11 Å². The first kappa shape index (κ1) is 15.0. The number of carbonyl (C=O) groups is 1. The fourth-order valence-corrected chi connectivity index (χ4v) is 4.51. The quantitative estimate of drug-likeness (QED) is 0.907. The van der Waals surface area contributed by atoms with Crippen LogP contribution in [0.2, 0.25) is 0 Å². The van der Waals surface area contributed by atoms with Gasteiger partial charge in [-0.25, -0.2) is 0 Å². The number of nitrogens with zero attached hydrogens (tertiary/aromatic N) is 1. The molecule has 1 fully saturated rings. The first-order valence-electron chi connectivity index (χ1n) is 8.22. The van der Waals surface area contributed by atoms with Crippen molar-refractivity contribution >= 4 is 17.2 Å². The molecule has 0 aromatic carbocycles. The zero-order chi connectivity index (χ0) is 14.8. The molecule has 2 aliphatic carbocycles. The summed E-state index contributed by atoms with van der Waals surface area (Å²) in [7, 11) is 0. The van der Waals surface area contributed by atoms with Crippen molar-refractivity contribution in [1.29, 1.82) is 0 Å². The molecule has 4 heteroatoms. The summed E-state index contributed by atoms with van der Waals surface area (Å²) in [6, 6.07) is 2.55. The summed E-state index contributed by atoms with van der Waals surface area (Å²) < 4.78 is 0. The van der Waals surface area contributed by atoms with Gasteiger partial charge in [0, 0.05) is 24.1 Å². The van der Waals surface area contributed by atoms with Crippen LogP contribution in [0.5, 0.6) is 0 Å². The first-order chi connectivity index (χ1) is 10.2. The molecular weight excluding hydrogens is 282 g/mol. The molecule has 3 rings (SSSR count). The summed E-state index contributed by atoms with van der Waals surface area (Å²) in [6.07, 6.45) is 7.67. The minimum Gasteiger partial charge on any atom is -0.396 e. The number of hydrogen-bond acceptors (Lipinski definition) is 3. The third-order valence-electron chi connectivity index (χ3n) is 4.87. The van der Waals surface area contributed by atoms with Crippen molar-refractivity contribution in [3.63, 3.8) is 0 Å². The molecule has 2 aliphatic rings. The number of hydrogen-bond donors (Lipinski definition) is 1. The molecule has 0 spiro atoms. The van der Waals surface area contributed by atoms with Crippen LogP contribution in [0.25, 0.3) is 0 Å². The van der Waals surface area contributed by atoms with Gasteiger partial charge in [0.1, 0.15) is 0 Å². The number of rotatable bonds is 5. The first-order valence-corrected chi connectivity index (χ1v) is 9.04. The second-order valence-corrected chi connectivity index (χ2v) is 7.70. The summed E-state index contributed by atoms with van der Waals surface area (Å²) in [5.74, 6) is 0.937. The highest BCUT2D eigenvalue weighted by Crippen LogP contribution is 2.34. The largest absolute Gasteiger partial charge is 0.396 e. The second kappa shape index (κ2) is 6.49. The molecule has 1 saturated carbocycles.